The van der Waals surface area contributed by atoms with Crippen LogP contribution in [0, 0.1) is 0 Å². The fraction of sp³-hybridized carbons (Fsp3) is 0.353. The highest BCUT2D eigenvalue weighted by Crippen LogP contribution is 2.30. The molecule has 0 saturated carbocycles. The number of rotatable bonds is 6. The average molecular weight is 347 g/mol. The molecule has 0 saturated heterocycles. The summed E-state index contributed by atoms with van der Waals surface area (Å²) in [6, 6.07) is 7.74. The fourth-order valence-electron chi connectivity index (χ4n) is 2.61. The number of hydrogen-bond acceptors (Lipinski definition) is 6. The van der Waals surface area contributed by atoms with Crippen molar-refractivity contribution >= 4 is 22.2 Å². The van der Waals surface area contributed by atoms with Crippen molar-refractivity contribution in [3.8, 4) is 11.5 Å². The van der Waals surface area contributed by atoms with Gasteiger partial charge in [-0.1, -0.05) is 6.07 Å². The monoisotopic (exact) mass is 347 g/mol. The zero-order valence-corrected chi connectivity index (χ0v) is 14.6. The molecule has 0 radical (unpaired) electrons. The number of hydrogen-bond donors (Lipinski definition) is 3. The van der Waals surface area contributed by atoms with Gasteiger partial charge < -0.3 is 20.1 Å². The van der Waals surface area contributed by atoms with E-state index in [1.165, 1.54) is 11.3 Å². The first-order chi connectivity index (χ1) is 11.7. The minimum absolute atomic E-state index is 0.0309. The van der Waals surface area contributed by atoms with Gasteiger partial charge in [0.2, 0.25) is 0 Å². The highest BCUT2D eigenvalue weighted by atomic mass is 32.1. The molecule has 0 bridgehead atoms. The smallest absolute Gasteiger partial charge is 0.261 e. The van der Waals surface area contributed by atoms with Crippen LogP contribution in [0.3, 0.4) is 0 Å². The Morgan fingerprint density at radius 2 is 2.08 bits per heavy atom. The number of nitrogens with one attached hydrogen (secondary N) is 3. The third-order valence-corrected chi connectivity index (χ3v) is 5.00. The van der Waals surface area contributed by atoms with Gasteiger partial charge in [0.05, 0.1) is 30.8 Å². The van der Waals surface area contributed by atoms with Crippen LogP contribution in [0.15, 0.2) is 24.3 Å². The first-order valence-corrected chi connectivity index (χ1v) is 8.59. The lowest BCUT2D eigenvalue weighted by Gasteiger charge is -2.13. The normalized spacial score (nSPS) is 12.9. The van der Waals surface area contributed by atoms with E-state index in [0.29, 0.717) is 18.0 Å². The lowest BCUT2D eigenvalue weighted by molar-refractivity contribution is 0.0958. The maximum absolute atomic E-state index is 12.3. The second-order valence-electron chi connectivity index (χ2n) is 5.44. The first-order valence-electron chi connectivity index (χ1n) is 7.77. The lowest BCUT2D eigenvalue weighted by Crippen LogP contribution is -2.26. The summed E-state index contributed by atoms with van der Waals surface area (Å²) < 4.78 is 10.5. The van der Waals surface area contributed by atoms with E-state index in [1.54, 1.807) is 14.2 Å². The Labute approximate surface area is 145 Å². The predicted molar refractivity (Wildman–Crippen MR) is 95.2 cm³/mol. The van der Waals surface area contributed by atoms with Gasteiger partial charge >= 0.3 is 0 Å². The molecule has 0 fully saturated rings. The number of amides is 1. The quantitative estimate of drug-likeness (QED) is 0.747. The molecule has 1 aromatic carbocycles. The van der Waals surface area contributed by atoms with E-state index < -0.39 is 0 Å². The second kappa shape index (κ2) is 7.55. The second-order valence-corrected chi connectivity index (χ2v) is 6.49. The summed E-state index contributed by atoms with van der Waals surface area (Å²) in [7, 11) is 3.23. The van der Waals surface area contributed by atoms with Gasteiger partial charge in [0.25, 0.3) is 5.91 Å². The number of benzene rings is 1. The van der Waals surface area contributed by atoms with Gasteiger partial charge in [0.1, 0.15) is 0 Å². The van der Waals surface area contributed by atoms with Crippen LogP contribution < -0.4 is 25.4 Å². The van der Waals surface area contributed by atoms with Crippen molar-refractivity contribution < 1.29 is 14.3 Å². The van der Waals surface area contributed by atoms with Crippen molar-refractivity contribution in [3.63, 3.8) is 0 Å². The van der Waals surface area contributed by atoms with E-state index >= 15 is 0 Å². The maximum Gasteiger partial charge on any atom is 0.261 e. The van der Waals surface area contributed by atoms with Gasteiger partial charge in [-0.2, -0.15) is 0 Å². The summed E-state index contributed by atoms with van der Waals surface area (Å²) in [6.07, 6.45) is 0.733. The Balaban J connectivity index is 1.56. The summed E-state index contributed by atoms with van der Waals surface area (Å²) >= 11 is 1.50. The van der Waals surface area contributed by atoms with Crippen molar-refractivity contribution in [3.05, 3.63) is 40.3 Å². The molecule has 7 heteroatoms. The molecule has 1 aromatic heterocycles. The number of thiophene rings is 1. The van der Waals surface area contributed by atoms with E-state index in [-0.39, 0.29) is 5.91 Å². The summed E-state index contributed by atoms with van der Waals surface area (Å²) in [4.78, 5) is 13.0. The topological polar surface area (TPSA) is 71.6 Å². The Hall–Kier alpha value is -2.25. The molecule has 1 aliphatic rings. The molecule has 24 heavy (non-hydrogen) atoms. The average Bonchev–Trinajstić information content (AvgIpc) is 3.05. The molecule has 0 spiro atoms. The molecular formula is C17H21N3O3S. The van der Waals surface area contributed by atoms with E-state index in [2.05, 4.69) is 16.0 Å². The van der Waals surface area contributed by atoms with Crippen LogP contribution >= 0.6 is 11.3 Å². The highest BCUT2D eigenvalue weighted by molar-refractivity contribution is 7.18. The molecule has 2 aromatic rings. The summed E-state index contributed by atoms with van der Waals surface area (Å²) in [5.41, 5.74) is 2.24. The number of anilines is 1. The zero-order valence-electron chi connectivity index (χ0n) is 13.8. The van der Waals surface area contributed by atoms with Crippen LogP contribution in [0.5, 0.6) is 11.5 Å². The van der Waals surface area contributed by atoms with Crippen LogP contribution in [0.1, 0.15) is 20.8 Å². The fourth-order valence-corrected chi connectivity index (χ4v) is 3.60. The van der Waals surface area contributed by atoms with E-state index in [0.717, 1.165) is 40.6 Å². The van der Waals surface area contributed by atoms with Crippen molar-refractivity contribution in [2.24, 2.45) is 0 Å². The van der Waals surface area contributed by atoms with Crippen LogP contribution in [-0.2, 0) is 13.0 Å². The number of ether oxygens (including phenoxy) is 2. The van der Waals surface area contributed by atoms with Crippen molar-refractivity contribution in [2.75, 3.05) is 32.7 Å². The summed E-state index contributed by atoms with van der Waals surface area (Å²) in [5.74, 6) is 1.37. The van der Waals surface area contributed by atoms with Crippen LogP contribution in [0.2, 0.25) is 0 Å². The Bertz CT molecular complexity index is 706. The van der Waals surface area contributed by atoms with Crippen molar-refractivity contribution in [1.82, 2.24) is 10.6 Å². The Morgan fingerprint density at radius 3 is 2.83 bits per heavy atom. The SMILES string of the molecule is COc1ccc(CCNC(=O)c2cc3c(s2)NCNC3)cc1OC. The maximum atomic E-state index is 12.3. The highest BCUT2D eigenvalue weighted by Gasteiger charge is 2.16. The number of methoxy groups -OCH3 is 2. The molecule has 3 N–H and O–H groups in total. The molecule has 1 amide bonds. The molecule has 0 atom stereocenters. The molecule has 0 unspecified atom stereocenters. The molecule has 0 aliphatic carbocycles. The molecule has 3 rings (SSSR count). The van der Waals surface area contributed by atoms with Crippen LogP contribution in [-0.4, -0.2) is 33.3 Å². The predicted octanol–water partition coefficient (Wildman–Crippen LogP) is 2.21. The minimum Gasteiger partial charge on any atom is -0.493 e. The van der Waals surface area contributed by atoms with Crippen LogP contribution in [0.25, 0.3) is 0 Å². The van der Waals surface area contributed by atoms with Gasteiger partial charge in [-0.05, 0) is 30.2 Å². The van der Waals surface area contributed by atoms with Crippen molar-refractivity contribution in [2.45, 2.75) is 13.0 Å². The molecule has 1 aliphatic heterocycles. The molecule has 2 heterocycles. The van der Waals surface area contributed by atoms with E-state index in [4.69, 9.17) is 9.47 Å². The lowest BCUT2D eigenvalue weighted by atomic mass is 10.1. The van der Waals surface area contributed by atoms with Gasteiger partial charge in [-0.25, -0.2) is 0 Å². The number of carbonyl (C=O) groups excluding carboxylic acids is 1. The van der Waals surface area contributed by atoms with E-state index in [1.807, 2.05) is 24.3 Å². The zero-order chi connectivity index (χ0) is 16.9. The number of carbonyl (C=O) groups is 1. The van der Waals surface area contributed by atoms with Crippen molar-refractivity contribution in [1.29, 1.82) is 0 Å². The standard InChI is InChI=1S/C17H21N3O3S/c1-22-13-4-3-11(7-14(13)23-2)5-6-19-16(21)15-8-12-9-18-10-20-17(12)24-15/h3-4,7-8,18,20H,5-6,9-10H2,1-2H3,(H,19,21). The molecular weight excluding hydrogens is 326 g/mol. The van der Waals surface area contributed by atoms with Gasteiger partial charge in [0.15, 0.2) is 11.5 Å². The molecule has 128 valence electrons. The summed E-state index contributed by atoms with van der Waals surface area (Å²) in [6.45, 7) is 2.12. The van der Waals surface area contributed by atoms with Gasteiger partial charge in [0, 0.05) is 18.7 Å². The van der Waals surface area contributed by atoms with Crippen LogP contribution in [0.4, 0.5) is 5.00 Å². The van der Waals surface area contributed by atoms with Gasteiger partial charge in [-0.15, -0.1) is 11.3 Å². The third kappa shape index (κ3) is 3.63. The van der Waals surface area contributed by atoms with E-state index in [9.17, 15) is 4.79 Å². The summed E-state index contributed by atoms with van der Waals surface area (Å²) in [5, 5.41) is 10.5. The minimum atomic E-state index is -0.0309. The Morgan fingerprint density at radius 1 is 1.25 bits per heavy atom. The molecule has 6 nitrogen and oxygen atoms in total. The van der Waals surface area contributed by atoms with Gasteiger partial charge in [-0.3, -0.25) is 10.1 Å². The number of fused-ring (bicyclic) bond motifs is 1. The Kier molecular flexibility index (Phi) is 5.22. The third-order valence-electron chi connectivity index (χ3n) is 3.87. The largest absolute Gasteiger partial charge is 0.493 e. The first kappa shape index (κ1) is 16.6.